The smallest absolute Gasteiger partial charge is 0.226 e. The van der Waals surface area contributed by atoms with Gasteiger partial charge in [0.25, 0.3) is 0 Å². The van der Waals surface area contributed by atoms with Gasteiger partial charge in [-0.25, -0.2) is 0 Å². The lowest BCUT2D eigenvalue weighted by Crippen LogP contribution is -2.49. The Balaban J connectivity index is 1.84. The van der Waals surface area contributed by atoms with Gasteiger partial charge in [-0.1, -0.05) is 0 Å². The summed E-state index contributed by atoms with van der Waals surface area (Å²) >= 11 is 0. The van der Waals surface area contributed by atoms with Crippen molar-refractivity contribution in [3.05, 3.63) is 0 Å². The first kappa shape index (κ1) is 14.8. The van der Waals surface area contributed by atoms with E-state index in [0.29, 0.717) is 45.7 Å². The molecule has 0 N–H and O–H groups in total. The van der Waals surface area contributed by atoms with Gasteiger partial charge in [-0.05, 0) is 20.3 Å². The zero-order valence-electron chi connectivity index (χ0n) is 12.2. The number of nitrogens with zero attached hydrogens (tertiary/aromatic N) is 3. The van der Waals surface area contributed by atoms with Crippen molar-refractivity contribution in [2.45, 2.75) is 20.3 Å². The van der Waals surface area contributed by atoms with E-state index in [1.54, 1.807) is 14.7 Å². The van der Waals surface area contributed by atoms with E-state index in [1.807, 2.05) is 13.8 Å². The molecular formula is C14H23N3O3. The summed E-state index contributed by atoms with van der Waals surface area (Å²) in [5.41, 5.74) is 0. The van der Waals surface area contributed by atoms with Crippen LogP contribution >= 0.6 is 0 Å². The summed E-state index contributed by atoms with van der Waals surface area (Å²) in [4.78, 5) is 40.4. The molecule has 2 unspecified atom stereocenters. The summed E-state index contributed by atoms with van der Waals surface area (Å²) in [7, 11) is 0. The Morgan fingerprint density at radius 3 is 2.20 bits per heavy atom. The summed E-state index contributed by atoms with van der Waals surface area (Å²) in [5, 5.41) is 0. The van der Waals surface area contributed by atoms with Crippen molar-refractivity contribution in [3.8, 4) is 0 Å². The number of carbonyl (C=O) groups excluding carboxylic acids is 3. The molecule has 3 amide bonds. The molecule has 1 saturated carbocycles. The van der Waals surface area contributed by atoms with Gasteiger partial charge in [-0.15, -0.1) is 0 Å². The standard InChI is InChI=1S/C14H23N3O3/c1-3-16(4-2)13(19)11-9-12(11)14(20)17-7-5-15(10-18)6-8-17/h10-12H,3-9H2,1-2H3. The first-order valence-corrected chi connectivity index (χ1v) is 7.39. The average molecular weight is 281 g/mol. The average Bonchev–Trinajstić information content (AvgIpc) is 3.28. The molecule has 2 rings (SSSR count). The minimum Gasteiger partial charge on any atom is -0.343 e. The fourth-order valence-electron chi connectivity index (χ4n) is 2.79. The van der Waals surface area contributed by atoms with Crippen LogP contribution in [0.15, 0.2) is 0 Å². The SMILES string of the molecule is CCN(CC)C(=O)C1CC1C(=O)N1CCN(C=O)CC1. The monoisotopic (exact) mass is 281 g/mol. The maximum atomic E-state index is 12.3. The molecule has 2 fully saturated rings. The van der Waals surface area contributed by atoms with Gasteiger partial charge in [-0.2, -0.15) is 0 Å². The maximum Gasteiger partial charge on any atom is 0.226 e. The van der Waals surface area contributed by atoms with Crippen LogP contribution in [0.4, 0.5) is 0 Å². The number of piperazine rings is 1. The third-order valence-corrected chi connectivity index (χ3v) is 4.27. The number of carbonyl (C=O) groups is 3. The van der Waals surface area contributed by atoms with E-state index >= 15 is 0 Å². The van der Waals surface area contributed by atoms with Crippen LogP contribution in [-0.4, -0.2) is 72.2 Å². The zero-order valence-corrected chi connectivity index (χ0v) is 12.2. The largest absolute Gasteiger partial charge is 0.343 e. The molecule has 0 aromatic rings. The van der Waals surface area contributed by atoms with Gasteiger partial charge in [0.15, 0.2) is 0 Å². The molecule has 6 heteroatoms. The quantitative estimate of drug-likeness (QED) is 0.655. The second-order valence-electron chi connectivity index (χ2n) is 5.43. The predicted molar refractivity (Wildman–Crippen MR) is 73.7 cm³/mol. The highest BCUT2D eigenvalue weighted by atomic mass is 16.2. The Morgan fingerprint density at radius 2 is 1.70 bits per heavy atom. The molecule has 0 radical (unpaired) electrons. The lowest BCUT2D eigenvalue weighted by atomic mass is 10.2. The van der Waals surface area contributed by atoms with Crippen LogP contribution in [0.25, 0.3) is 0 Å². The van der Waals surface area contributed by atoms with E-state index < -0.39 is 0 Å². The van der Waals surface area contributed by atoms with Crippen molar-refractivity contribution < 1.29 is 14.4 Å². The Kier molecular flexibility index (Phi) is 4.62. The van der Waals surface area contributed by atoms with Crippen LogP contribution < -0.4 is 0 Å². The number of hydrogen-bond donors (Lipinski definition) is 0. The Hall–Kier alpha value is -1.59. The third kappa shape index (κ3) is 2.94. The molecule has 6 nitrogen and oxygen atoms in total. The molecule has 2 aliphatic rings. The fourth-order valence-corrected chi connectivity index (χ4v) is 2.79. The van der Waals surface area contributed by atoms with E-state index in [9.17, 15) is 14.4 Å². The Bertz CT molecular complexity index is 387. The summed E-state index contributed by atoms with van der Waals surface area (Å²) in [6, 6.07) is 0. The molecule has 112 valence electrons. The lowest BCUT2D eigenvalue weighted by Gasteiger charge is -2.32. The van der Waals surface area contributed by atoms with E-state index in [1.165, 1.54) is 0 Å². The van der Waals surface area contributed by atoms with Crippen molar-refractivity contribution in [2.75, 3.05) is 39.3 Å². The van der Waals surface area contributed by atoms with Gasteiger partial charge in [0.1, 0.15) is 0 Å². The number of rotatable bonds is 5. The van der Waals surface area contributed by atoms with E-state index in [0.717, 1.165) is 6.41 Å². The Morgan fingerprint density at radius 1 is 1.10 bits per heavy atom. The van der Waals surface area contributed by atoms with Crippen molar-refractivity contribution in [1.82, 2.24) is 14.7 Å². The van der Waals surface area contributed by atoms with Crippen LogP contribution in [0.1, 0.15) is 20.3 Å². The van der Waals surface area contributed by atoms with Crippen molar-refractivity contribution >= 4 is 18.2 Å². The minimum atomic E-state index is -0.133. The van der Waals surface area contributed by atoms with Crippen LogP contribution in [0.2, 0.25) is 0 Å². The molecule has 1 aliphatic heterocycles. The van der Waals surface area contributed by atoms with Gasteiger partial charge in [0, 0.05) is 39.3 Å². The summed E-state index contributed by atoms with van der Waals surface area (Å²) in [5.74, 6) is -0.0571. The third-order valence-electron chi connectivity index (χ3n) is 4.27. The zero-order chi connectivity index (χ0) is 14.7. The lowest BCUT2D eigenvalue weighted by molar-refractivity contribution is -0.139. The van der Waals surface area contributed by atoms with E-state index in [4.69, 9.17) is 0 Å². The number of hydrogen-bond acceptors (Lipinski definition) is 3. The van der Waals surface area contributed by atoms with Gasteiger partial charge >= 0.3 is 0 Å². The molecule has 1 heterocycles. The van der Waals surface area contributed by atoms with Crippen molar-refractivity contribution in [2.24, 2.45) is 11.8 Å². The molecule has 0 bridgehead atoms. The van der Waals surface area contributed by atoms with E-state index in [-0.39, 0.29) is 23.7 Å². The predicted octanol–water partition coefficient (Wildman–Crippen LogP) is -0.208. The Labute approximate surface area is 119 Å². The first-order valence-electron chi connectivity index (χ1n) is 7.39. The molecule has 1 saturated heterocycles. The van der Waals surface area contributed by atoms with Gasteiger partial charge < -0.3 is 14.7 Å². The topological polar surface area (TPSA) is 60.9 Å². The number of amides is 3. The van der Waals surface area contributed by atoms with Crippen molar-refractivity contribution in [1.29, 1.82) is 0 Å². The van der Waals surface area contributed by atoms with Crippen LogP contribution in [0.5, 0.6) is 0 Å². The highest BCUT2D eigenvalue weighted by Crippen LogP contribution is 2.41. The second-order valence-corrected chi connectivity index (χ2v) is 5.43. The summed E-state index contributed by atoms with van der Waals surface area (Å²) < 4.78 is 0. The molecule has 2 atom stereocenters. The van der Waals surface area contributed by atoms with Gasteiger partial charge in [0.2, 0.25) is 18.2 Å². The van der Waals surface area contributed by atoms with Crippen LogP contribution in [0, 0.1) is 11.8 Å². The highest BCUT2D eigenvalue weighted by molar-refractivity contribution is 5.92. The molecule has 20 heavy (non-hydrogen) atoms. The maximum absolute atomic E-state index is 12.3. The van der Waals surface area contributed by atoms with Crippen LogP contribution in [0.3, 0.4) is 0 Å². The minimum absolute atomic E-state index is 0.0843. The fraction of sp³-hybridized carbons (Fsp3) is 0.786. The first-order chi connectivity index (χ1) is 9.62. The van der Waals surface area contributed by atoms with Gasteiger partial charge in [-0.3, -0.25) is 14.4 Å². The second kappa shape index (κ2) is 6.24. The normalized spacial score (nSPS) is 25.3. The van der Waals surface area contributed by atoms with Crippen molar-refractivity contribution in [3.63, 3.8) is 0 Å². The molecule has 0 aromatic heterocycles. The summed E-state index contributed by atoms with van der Waals surface area (Å²) in [6.07, 6.45) is 1.51. The highest BCUT2D eigenvalue weighted by Gasteiger charge is 2.50. The molecule has 0 aromatic carbocycles. The molecular weight excluding hydrogens is 258 g/mol. The van der Waals surface area contributed by atoms with Crippen LogP contribution in [-0.2, 0) is 14.4 Å². The molecule has 1 aliphatic carbocycles. The van der Waals surface area contributed by atoms with E-state index in [2.05, 4.69) is 0 Å². The van der Waals surface area contributed by atoms with Gasteiger partial charge in [0.05, 0.1) is 11.8 Å². The summed E-state index contributed by atoms with van der Waals surface area (Å²) in [6.45, 7) is 7.67. The molecule has 0 spiro atoms.